The third kappa shape index (κ3) is 4.87. The molecular weight excluding hydrogens is 330 g/mol. The fraction of sp³-hybridized carbons (Fsp3) is 0.538. The van der Waals surface area contributed by atoms with Gasteiger partial charge in [-0.25, -0.2) is 13.1 Å². The van der Waals surface area contributed by atoms with Crippen LogP contribution in [0.5, 0.6) is 0 Å². The molecule has 6 heteroatoms. The molecule has 1 rings (SSSR count). The Morgan fingerprint density at radius 3 is 2.63 bits per heavy atom. The van der Waals surface area contributed by atoms with Crippen LogP contribution in [-0.4, -0.2) is 33.5 Å². The van der Waals surface area contributed by atoms with Crippen LogP contribution in [0.2, 0.25) is 0 Å². The Hall–Kier alpha value is -0.430. The standard InChI is InChI=1S/C13H20BrNO3S/c1-10-4-5-11(2)13(8-10)19(16,17)15-12(6-7-14)9-18-3/h4-5,8,12,15H,6-7,9H2,1-3H3. The molecule has 19 heavy (non-hydrogen) atoms. The number of alkyl halides is 1. The van der Waals surface area contributed by atoms with Crippen molar-refractivity contribution in [3.05, 3.63) is 29.3 Å². The molecule has 0 aliphatic heterocycles. The van der Waals surface area contributed by atoms with Crippen molar-refractivity contribution in [2.75, 3.05) is 19.0 Å². The molecule has 0 spiro atoms. The van der Waals surface area contributed by atoms with Crippen LogP contribution in [0.4, 0.5) is 0 Å². The monoisotopic (exact) mass is 349 g/mol. The van der Waals surface area contributed by atoms with Gasteiger partial charge in [-0.05, 0) is 37.5 Å². The van der Waals surface area contributed by atoms with E-state index >= 15 is 0 Å². The molecule has 0 bridgehead atoms. The van der Waals surface area contributed by atoms with E-state index in [1.165, 1.54) is 0 Å². The molecular formula is C13H20BrNO3S. The Labute approximate surface area is 123 Å². The molecule has 108 valence electrons. The maximum absolute atomic E-state index is 12.4. The maximum Gasteiger partial charge on any atom is 0.241 e. The van der Waals surface area contributed by atoms with Crippen LogP contribution in [0.15, 0.2) is 23.1 Å². The summed E-state index contributed by atoms with van der Waals surface area (Å²) in [7, 11) is -1.94. The summed E-state index contributed by atoms with van der Waals surface area (Å²) in [6.07, 6.45) is 0.679. The summed E-state index contributed by atoms with van der Waals surface area (Å²) < 4.78 is 32.5. The number of hydrogen-bond acceptors (Lipinski definition) is 3. The van der Waals surface area contributed by atoms with Crippen molar-refractivity contribution in [3.8, 4) is 0 Å². The zero-order valence-electron chi connectivity index (χ0n) is 11.4. The molecule has 1 unspecified atom stereocenters. The topological polar surface area (TPSA) is 55.4 Å². The summed E-state index contributed by atoms with van der Waals surface area (Å²) in [6.45, 7) is 4.03. The van der Waals surface area contributed by atoms with Gasteiger partial charge in [-0.3, -0.25) is 0 Å². The second kappa shape index (κ2) is 7.38. The van der Waals surface area contributed by atoms with E-state index in [4.69, 9.17) is 4.74 Å². The minimum atomic E-state index is -3.51. The smallest absolute Gasteiger partial charge is 0.241 e. The van der Waals surface area contributed by atoms with Gasteiger partial charge in [0.25, 0.3) is 0 Å². The largest absolute Gasteiger partial charge is 0.383 e. The lowest BCUT2D eigenvalue weighted by atomic mass is 10.2. The molecule has 0 aliphatic rings. The summed E-state index contributed by atoms with van der Waals surface area (Å²) in [5.41, 5.74) is 1.67. The normalized spacial score (nSPS) is 13.5. The summed E-state index contributed by atoms with van der Waals surface area (Å²) in [5.74, 6) is 0. The van der Waals surface area contributed by atoms with E-state index in [0.29, 0.717) is 17.9 Å². The van der Waals surface area contributed by atoms with Crippen molar-refractivity contribution < 1.29 is 13.2 Å². The van der Waals surface area contributed by atoms with Crippen LogP contribution >= 0.6 is 15.9 Å². The summed E-state index contributed by atoms with van der Waals surface area (Å²) in [5, 5.41) is 0.719. The first-order chi connectivity index (χ1) is 8.90. The van der Waals surface area contributed by atoms with Crippen molar-refractivity contribution in [2.24, 2.45) is 0 Å². The van der Waals surface area contributed by atoms with Crippen molar-refractivity contribution >= 4 is 26.0 Å². The quantitative estimate of drug-likeness (QED) is 0.769. The van der Waals surface area contributed by atoms with Crippen molar-refractivity contribution in [1.82, 2.24) is 4.72 Å². The first-order valence-electron chi connectivity index (χ1n) is 6.05. The Balaban J connectivity index is 2.99. The highest BCUT2D eigenvalue weighted by atomic mass is 79.9. The lowest BCUT2D eigenvalue weighted by Gasteiger charge is -2.18. The SMILES string of the molecule is COCC(CCBr)NS(=O)(=O)c1cc(C)ccc1C. The molecule has 1 aromatic rings. The Bertz CT molecular complexity index is 511. The van der Waals surface area contributed by atoms with E-state index < -0.39 is 10.0 Å². The van der Waals surface area contributed by atoms with Crippen molar-refractivity contribution in [2.45, 2.75) is 31.2 Å². The third-order valence-electron chi connectivity index (χ3n) is 2.78. The number of methoxy groups -OCH3 is 1. The number of rotatable bonds is 7. The predicted octanol–water partition coefficient (Wildman–Crippen LogP) is 2.38. The van der Waals surface area contributed by atoms with Gasteiger partial charge in [0.1, 0.15) is 0 Å². The fourth-order valence-corrected chi connectivity index (χ4v) is 3.93. The second-order valence-corrected chi connectivity index (χ2v) is 7.00. The summed E-state index contributed by atoms with van der Waals surface area (Å²) >= 11 is 3.32. The first-order valence-corrected chi connectivity index (χ1v) is 8.65. The molecule has 1 atom stereocenters. The zero-order chi connectivity index (χ0) is 14.5. The summed E-state index contributed by atoms with van der Waals surface area (Å²) in [4.78, 5) is 0.336. The number of hydrogen-bond donors (Lipinski definition) is 1. The third-order valence-corrected chi connectivity index (χ3v) is 4.90. The van der Waals surface area contributed by atoms with Crippen LogP contribution in [0, 0.1) is 13.8 Å². The lowest BCUT2D eigenvalue weighted by Crippen LogP contribution is -2.38. The Morgan fingerprint density at radius 1 is 1.37 bits per heavy atom. The molecule has 0 amide bonds. The average molecular weight is 350 g/mol. The molecule has 0 aliphatic carbocycles. The van der Waals surface area contributed by atoms with Gasteiger partial charge >= 0.3 is 0 Å². The number of ether oxygens (including phenoxy) is 1. The lowest BCUT2D eigenvalue weighted by molar-refractivity contribution is 0.173. The number of halogens is 1. The van der Waals surface area contributed by atoms with Gasteiger partial charge in [-0.15, -0.1) is 0 Å². The second-order valence-electron chi connectivity index (χ2n) is 4.52. The zero-order valence-corrected chi connectivity index (χ0v) is 13.8. The van der Waals surface area contributed by atoms with Crippen LogP contribution in [0.3, 0.4) is 0 Å². The van der Waals surface area contributed by atoms with Gasteiger partial charge in [0, 0.05) is 18.5 Å². The Kier molecular flexibility index (Phi) is 6.46. The van der Waals surface area contributed by atoms with Gasteiger partial charge < -0.3 is 4.74 Å². The van der Waals surface area contributed by atoms with E-state index in [2.05, 4.69) is 20.7 Å². The molecule has 0 saturated heterocycles. The highest BCUT2D eigenvalue weighted by molar-refractivity contribution is 9.09. The fourth-order valence-electron chi connectivity index (χ4n) is 1.79. The van der Waals surface area contributed by atoms with Gasteiger partial charge in [0.15, 0.2) is 0 Å². The number of benzene rings is 1. The Morgan fingerprint density at radius 2 is 2.05 bits per heavy atom. The van der Waals surface area contributed by atoms with Crippen LogP contribution in [0.25, 0.3) is 0 Å². The van der Waals surface area contributed by atoms with Crippen LogP contribution in [-0.2, 0) is 14.8 Å². The number of sulfonamides is 1. The van der Waals surface area contributed by atoms with E-state index in [1.54, 1.807) is 20.1 Å². The average Bonchev–Trinajstić information content (AvgIpc) is 2.32. The minimum absolute atomic E-state index is 0.228. The van der Waals surface area contributed by atoms with Gasteiger partial charge in [0.2, 0.25) is 10.0 Å². The number of nitrogens with one attached hydrogen (secondary N) is 1. The molecule has 0 fully saturated rings. The maximum atomic E-state index is 12.4. The van der Waals surface area contributed by atoms with E-state index in [1.807, 2.05) is 19.1 Å². The number of aryl methyl sites for hydroxylation is 2. The molecule has 1 N–H and O–H groups in total. The molecule has 0 heterocycles. The van der Waals surface area contributed by atoms with Crippen LogP contribution in [0.1, 0.15) is 17.5 Å². The summed E-state index contributed by atoms with van der Waals surface area (Å²) in [6, 6.07) is 5.18. The van der Waals surface area contributed by atoms with Gasteiger partial charge in [-0.1, -0.05) is 28.1 Å². The molecule has 4 nitrogen and oxygen atoms in total. The van der Waals surface area contributed by atoms with E-state index in [9.17, 15) is 8.42 Å². The molecule has 0 aromatic heterocycles. The predicted molar refractivity (Wildman–Crippen MR) is 80.3 cm³/mol. The van der Waals surface area contributed by atoms with E-state index in [0.717, 1.165) is 16.5 Å². The highest BCUT2D eigenvalue weighted by Crippen LogP contribution is 2.17. The minimum Gasteiger partial charge on any atom is -0.383 e. The van der Waals surface area contributed by atoms with Gasteiger partial charge in [-0.2, -0.15) is 0 Å². The molecule has 1 aromatic carbocycles. The van der Waals surface area contributed by atoms with Crippen molar-refractivity contribution in [1.29, 1.82) is 0 Å². The molecule has 0 radical (unpaired) electrons. The first kappa shape index (κ1) is 16.6. The van der Waals surface area contributed by atoms with E-state index in [-0.39, 0.29) is 6.04 Å². The highest BCUT2D eigenvalue weighted by Gasteiger charge is 2.21. The van der Waals surface area contributed by atoms with Crippen LogP contribution < -0.4 is 4.72 Å². The molecule has 0 saturated carbocycles. The van der Waals surface area contributed by atoms with Gasteiger partial charge in [0.05, 0.1) is 11.5 Å². The van der Waals surface area contributed by atoms with Crippen molar-refractivity contribution in [3.63, 3.8) is 0 Å².